The van der Waals surface area contributed by atoms with E-state index in [1.54, 1.807) is 13.8 Å². The predicted molar refractivity (Wildman–Crippen MR) is 157 cm³/mol. The minimum Gasteiger partial charge on any atom is -0.394 e. The number of thiol groups is 2. The van der Waals surface area contributed by atoms with Crippen LogP contribution >= 0.6 is 25.3 Å². The molecule has 0 aromatic carbocycles. The molecule has 0 saturated heterocycles. The number of carbonyl (C=O) groups excluding carboxylic acids is 7. The van der Waals surface area contributed by atoms with Crippen LogP contribution in [-0.4, -0.2) is 108 Å². The van der Waals surface area contributed by atoms with E-state index in [1.807, 2.05) is 13.8 Å². The van der Waals surface area contributed by atoms with Gasteiger partial charge in [-0.15, -0.1) is 0 Å². The summed E-state index contributed by atoms with van der Waals surface area (Å²) in [6, 6.07) is -5.20. The lowest BCUT2D eigenvalue weighted by atomic mass is 10.0. The summed E-state index contributed by atoms with van der Waals surface area (Å²) in [7, 11) is 0. The number of nitrogens with two attached hydrogens (primary N) is 1. The molecule has 0 aromatic rings. The van der Waals surface area contributed by atoms with Crippen LogP contribution in [0.5, 0.6) is 0 Å². The molecule has 0 fully saturated rings. The standard InChI is InChI=1S/C24H43N7O8S2/c1-12(2)5-16(30-21(36)15(25)11-41)22(37)26-7-19(35)31-20(13(3)4)24(39)27-6-18(34)29-17(9-33)23(38)28-14(8-32)10-40/h8,12-17,20,33,40-41H,5-7,9-11,25H2,1-4H3,(H,26,37)(H,27,39)(H,28,38)(H,29,34)(H,30,36)(H,31,35)/t14-,15+,16+,17+,20+/m1/s1. The first-order valence-electron chi connectivity index (χ1n) is 13.0. The fraction of sp³-hybridized carbons (Fsp3) is 0.708. The van der Waals surface area contributed by atoms with Crippen LogP contribution < -0.4 is 37.6 Å². The van der Waals surface area contributed by atoms with E-state index in [4.69, 9.17) is 5.73 Å². The number of aliphatic hydroxyl groups excluding tert-OH is 1. The maximum absolute atomic E-state index is 12.7. The molecule has 0 heterocycles. The van der Waals surface area contributed by atoms with Crippen LogP contribution in [0.2, 0.25) is 0 Å². The second kappa shape index (κ2) is 20.1. The van der Waals surface area contributed by atoms with Crippen LogP contribution in [0.15, 0.2) is 0 Å². The number of nitrogens with one attached hydrogen (secondary N) is 6. The molecule has 15 nitrogen and oxygen atoms in total. The van der Waals surface area contributed by atoms with E-state index >= 15 is 0 Å². The third-order valence-electron chi connectivity index (χ3n) is 5.51. The minimum atomic E-state index is -1.37. The Morgan fingerprint density at radius 3 is 1.78 bits per heavy atom. The van der Waals surface area contributed by atoms with Gasteiger partial charge in [-0.05, 0) is 18.3 Å². The van der Waals surface area contributed by atoms with Gasteiger partial charge in [0, 0.05) is 11.5 Å². The van der Waals surface area contributed by atoms with E-state index < -0.39 is 91.3 Å². The first-order valence-corrected chi connectivity index (χ1v) is 14.2. The van der Waals surface area contributed by atoms with Crippen LogP contribution in [0.1, 0.15) is 34.1 Å². The highest BCUT2D eigenvalue weighted by Gasteiger charge is 2.28. The molecule has 0 aromatic heterocycles. The van der Waals surface area contributed by atoms with Crippen molar-refractivity contribution in [1.82, 2.24) is 31.9 Å². The van der Waals surface area contributed by atoms with Gasteiger partial charge in [0.15, 0.2) is 0 Å². The number of aliphatic hydroxyl groups is 1. The zero-order valence-corrected chi connectivity index (χ0v) is 25.4. The fourth-order valence-corrected chi connectivity index (χ4v) is 3.58. The monoisotopic (exact) mass is 621 g/mol. The molecule has 0 aliphatic carbocycles. The minimum absolute atomic E-state index is 0.0175. The van der Waals surface area contributed by atoms with Gasteiger partial charge in [0.1, 0.15) is 24.4 Å². The molecule has 234 valence electrons. The summed E-state index contributed by atoms with van der Waals surface area (Å²) in [5.74, 6) is -4.44. The Labute approximate surface area is 250 Å². The Balaban J connectivity index is 5.00. The van der Waals surface area contributed by atoms with E-state index in [2.05, 4.69) is 57.2 Å². The molecule has 0 aliphatic heterocycles. The Morgan fingerprint density at radius 2 is 1.32 bits per heavy atom. The molecule has 0 radical (unpaired) electrons. The fourth-order valence-electron chi connectivity index (χ4n) is 3.24. The number of aldehydes is 1. The molecular formula is C24H43N7O8S2. The van der Waals surface area contributed by atoms with Crippen molar-refractivity contribution in [1.29, 1.82) is 0 Å². The molecule has 0 saturated carbocycles. The average Bonchev–Trinajstić information content (AvgIpc) is 2.93. The van der Waals surface area contributed by atoms with Crippen molar-refractivity contribution in [3.63, 3.8) is 0 Å². The van der Waals surface area contributed by atoms with Crippen LogP contribution in [0, 0.1) is 11.8 Å². The summed E-state index contributed by atoms with van der Waals surface area (Å²) in [6.45, 7) is 5.19. The van der Waals surface area contributed by atoms with Crippen molar-refractivity contribution in [2.24, 2.45) is 17.6 Å². The zero-order chi connectivity index (χ0) is 31.7. The molecule has 41 heavy (non-hydrogen) atoms. The molecule has 0 bridgehead atoms. The molecule has 5 atom stereocenters. The second-order valence-electron chi connectivity index (χ2n) is 9.94. The number of rotatable bonds is 19. The van der Waals surface area contributed by atoms with Crippen molar-refractivity contribution in [2.75, 3.05) is 31.2 Å². The molecule has 0 spiro atoms. The largest absolute Gasteiger partial charge is 0.394 e. The molecule has 0 aliphatic rings. The van der Waals surface area contributed by atoms with Crippen molar-refractivity contribution >= 4 is 67.0 Å². The Morgan fingerprint density at radius 1 is 0.756 bits per heavy atom. The van der Waals surface area contributed by atoms with E-state index in [0.717, 1.165) is 0 Å². The first kappa shape index (κ1) is 38.1. The maximum Gasteiger partial charge on any atom is 0.245 e. The maximum atomic E-state index is 12.7. The van der Waals surface area contributed by atoms with Crippen LogP contribution in [0.4, 0.5) is 0 Å². The number of hydrogen-bond donors (Lipinski definition) is 10. The summed E-state index contributed by atoms with van der Waals surface area (Å²) >= 11 is 7.87. The highest BCUT2D eigenvalue weighted by molar-refractivity contribution is 7.80. The van der Waals surface area contributed by atoms with E-state index in [1.165, 1.54) is 0 Å². The summed E-state index contributed by atoms with van der Waals surface area (Å²) in [5.41, 5.74) is 5.65. The topological polar surface area (TPSA) is 238 Å². The highest BCUT2D eigenvalue weighted by atomic mass is 32.1. The third-order valence-corrected chi connectivity index (χ3v) is 6.30. The predicted octanol–water partition coefficient (Wildman–Crippen LogP) is -3.76. The molecule has 0 unspecified atom stereocenters. The van der Waals surface area contributed by atoms with Gasteiger partial charge >= 0.3 is 0 Å². The van der Waals surface area contributed by atoms with Crippen LogP contribution in [0.25, 0.3) is 0 Å². The van der Waals surface area contributed by atoms with E-state index in [9.17, 15) is 38.7 Å². The van der Waals surface area contributed by atoms with Crippen LogP contribution in [-0.2, 0) is 33.6 Å². The Bertz CT molecular complexity index is 922. The Hall–Kier alpha value is -2.89. The van der Waals surface area contributed by atoms with Crippen molar-refractivity contribution < 1.29 is 38.7 Å². The summed E-state index contributed by atoms with van der Waals surface area (Å²) < 4.78 is 0. The number of amides is 6. The first-order chi connectivity index (χ1) is 19.2. The summed E-state index contributed by atoms with van der Waals surface area (Å²) in [5, 5.41) is 23.7. The summed E-state index contributed by atoms with van der Waals surface area (Å²) in [6.07, 6.45) is 0.749. The molecule has 6 amide bonds. The van der Waals surface area contributed by atoms with Gasteiger partial charge in [-0.3, -0.25) is 28.8 Å². The number of carbonyl (C=O) groups is 7. The van der Waals surface area contributed by atoms with E-state index in [0.29, 0.717) is 12.7 Å². The van der Waals surface area contributed by atoms with Crippen LogP contribution in [0.3, 0.4) is 0 Å². The number of hydrogen-bond acceptors (Lipinski definition) is 11. The van der Waals surface area contributed by atoms with Gasteiger partial charge in [-0.2, -0.15) is 25.3 Å². The zero-order valence-electron chi connectivity index (χ0n) is 23.6. The quantitative estimate of drug-likeness (QED) is 0.0503. The molecular weight excluding hydrogens is 578 g/mol. The van der Waals surface area contributed by atoms with Crippen molar-refractivity contribution in [3.8, 4) is 0 Å². The highest BCUT2D eigenvalue weighted by Crippen LogP contribution is 2.06. The molecule has 17 heteroatoms. The summed E-state index contributed by atoms with van der Waals surface area (Å²) in [4.78, 5) is 85.2. The van der Waals surface area contributed by atoms with E-state index in [-0.39, 0.29) is 17.4 Å². The SMILES string of the molecule is CC(C)C[C@H](NC(=O)[C@@H](N)CS)C(=O)NCC(=O)N[C@H](C(=O)NCC(=O)N[C@@H](CO)C(=O)N[C@H](C=O)CS)C(C)C. The lowest BCUT2D eigenvalue weighted by molar-refractivity contribution is -0.133. The normalized spacial score (nSPS) is 14.6. The molecule has 0 rings (SSSR count). The van der Waals surface area contributed by atoms with Gasteiger partial charge in [0.05, 0.1) is 31.8 Å². The van der Waals surface area contributed by atoms with Gasteiger partial charge < -0.3 is 47.5 Å². The van der Waals surface area contributed by atoms with Gasteiger partial charge in [-0.1, -0.05) is 27.7 Å². The van der Waals surface area contributed by atoms with Gasteiger partial charge in [-0.25, -0.2) is 0 Å². The van der Waals surface area contributed by atoms with Crippen molar-refractivity contribution in [3.05, 3.63) is 0 Å². The average molecular weight is 622 g/mol. The lowest BCUT2D eigenvalue weighted by Crippen LogP contribution is -2.56. The Kier molecular flexibility index (Phi) is 18.6. The second-order valence-corrected chi connectivity index (χ2v) is 10.7. The third kappa shape index (κ3) is 15.1. The lowest BCUT2D eigenvalue weighted by Gasteiger charge is -2.23. The smallest absolute Gasteiger partial charge is 0.245 e. The van der Waals surface area contributed by atoms with Crippen molar-refractivity contribution in [2.45, 2.75) is 64.3 Å². The molecule has 9 N–H and O–H groups in total. The van der Waals surface area contributed by atoms with Gasteiger partial charge in [0.25, 0.3) is 0 Å². The van der Waals surface area contributed by atoms with Gasteiger partial charge in [0.2, 0.25) is 35.4 Å².